The molecular weight excluding hydrogens is 567 g/mol. The van der Waals surface area contributed by atoms with E-state index in [-0.39, 0.29) is 0 Å². The standard InChI is InChI=1S/C18H19Cl6N3O6/c1-31-12-6-4-11(5-7-12)14(28)26-8-2-3-13(26)27(16(30)33-10-18(22,23)24)25-15(29)32-9-17(19,20)21/h4-7,13H,2-3,8-10H2,1H3,(H,25,29). The van der Waals surface area contributed by atoms with Crippen molar-refractivity contribution in [3.8, 4) is 5.75 Å². The average molecular weight is 586 g/mol. The Labute approximate surface area is 219 Å². The number of nitrogens with zero attached hydrogens (tertiary/aromatic N) is 2. The monoisotopic (exact) mass is 583 g/mol. The molecule has 1 atom stereocenters. The fraction of sp³-hybridized carbons (Fsp3) is 0.500. The van der Waals surface area contributed by atoms with Crippen LogP contribution in [0.4, 0.5) is 9.59 Å². The van der Waals surface area contributed by atoms with E-state index in [0.29, 0.717) is 30.7 Å². The van der Waals surface area contributed by atoms with Crippen molar-refractivity contribution in [1.29, 1.82) is 0 Å². The first-order valence-electron chi connectivity index (χ1n) is 9.28. The Hall–Kier alpha value is -1.23. The van der Waals surface area contributed by atoms with Gasteiger partial charge in [-0.05, 0) is 37.1 Å². The van der Waals surface area contributed by atoms with Gasteiger partial charge in [0.2, 0.25) is 7.59 Å². The van der Waals surface area contributed by atoms with Crippen molar-refractivity contribution in [2.45, 2.75) is 26.6 Å². The number of nitrogens with one attached hydrogen (secondary N) is 1. The van der Waals surface area contributed by atoms with Gasteiger partial charge >= 0.3 is 12.2 Å². The fourth-order valence-electron chi connectivity index (χ4n) is 2.89. The number of hydrogen-bond donors (Lipinski definition) is 1. The van der Waals surface area contributed by atoms with Crippen LogP contribution in [0.25, 0.3) is 0 Å². The molecule has 0 bridgehead atoms. The first-order valence-corrected chi connectivity index (χ1v) is 11.6. The van der Waals surface area contributed by atoms with E-state index in [9.17, 15) is 14.4 Å². The molecule has 0 aromatic heterocycles. The van der Waals surface area contributed by atoms with Crippen molar-refractivity contribution in [3.05, 3.63) is 29.8 Å². The lowest BCUT2D eigenvalue weighted by Gasteiger charge is -2.34. The molecule has 1 aliphatic rings. The summed E-state index contributed by atoms with van der Waals surface area (Å²) in [5, 5.41) is 0.769. The molecule has 1 aromatic carbocycles. The van der Waals surface area contributed by atoms with Crippen LogP contribution in [-0.4, -0.2) is 68.6 Å². The van der Waals surface area contributed by atoms with Gasteiger partial charge in [0, 0.05) is 12.1 Å². The van der Waals surface area contributed by atoms with Gasteiger partial charge in [0.15, 0.2) is 0 Å². The highest BCUT2D eigenvalue weighted by Gasteiger charge is 2.39. The molecule has 1 N–H and O–H groups in total. The van der Waals surface area contributed by atoms with Crippen LogP contribution in [0.5, 0.6) is 5.75 Å². The van der Waals surface area contributed by atoms with E-state index in [2.05, 4.69) is 5.43 Å². The molecule has 0 spiro atoms. The molecule has 1 heterocycles. The first kappa shape index (κ1) is 28.0. The van der Waals surface area contributed by atoms with Gasteiger partial charge in [-0.3, -0.25) is 4.79 Å². The van der Waals surface area contributed by atoms with Gasteiger partial charge in [0.25, 0.3) is 5.91 Å². The van der Waals surface area contributed by atoms with Gasteiger partial charge < -0.3 is 19.1 Å². The molecule has 0 aliphatic carbocycles. The Balaban J connectivity index is 2.22. The number of likely N-dealkylation sites (tertiary alicyclic amines) is 1. The molecule has 15 heteroatoms. The smallest absolute Gasteiger partial charge is 0.430 e. The second-order valence-electron chi connectivity index (χ2n) is 6.69. The molecule has 1 unspecified atom stereocenters. The lowest BCUT2D eigenvalue weighted by atomic mass is 10.2. The minimum atomic E-state index is -1.90. The van der Waals surface area contributed by atoms with Gasteiger partial charge in [0.05, 0.1) is 7.11 Å². The van der Waals surface area contributed by atoms with Crippen LogP contribution in [0.1, 0.15) is 23.2 Å². The fourth-order valence-corrected chi connectivity index (χ4v) is 3.21. The van der Waals surface area contributed by atoms with Crippen molar-refractivity contribution in [3.63, 3.8) is 0 Å². The first-order chi connectivity index (χ1) is 15.3. The van der Waals surface area contributed by atoms with Crippen LogP contribution in [-0.2, 0) is 9.47 Å². The average Bonchev–Trinajstić information content (AvgIpc) is 3.22. The quantitative estimate of drug-likeness (QED) is 0.382. The van der Waals surface area contributed by atoms with E-state index >= 15 is 0 Å². The summed E-state index contributed by atoms with van der Waals surface area (Å²) in [6.45, 7) is -0.911. The van der Waals surface area contributed by atoms with Gasteiger partial charge in [-0.1, -0.05) is 69.6 Å². The Morgan fingerprint density at radius 1 is 1.03 bits per heavy atom. The van der Waals surface area contributed by atoms with E-state index in [1.165, 1.54) is 12.0 Å². The third-order valence-corrected chi connectivity index (χ3v) is 4.91. The van der Waals surface area contributed by atoms with Crippen LogP contribution in [0.2, 0.25) is 0 Å². The summed E-state index contributed by atoms with van der Waals surface area (Å²) in [6.07, 6.45) is -2.30. The van der Waals surface area contributed by atoms with Gasteiger partial charge in [0.1, 0.15) is 25.1 Å². The minimum Gasteiger partial charge on any atom is -0.497 e. The maximum atomic E-state index is 13.1. The van der Waals surface area contributed by atoms with E-state index in [4.69, 9.17) is 83.8 Å². The summed E-state index contributed by atoms with van der Waals surface area (Å²) < 4.78 is 11.1. The number of hydrazine groups is 1. The molecule has 1 fully saturated rings. The number of carbonyl (C=O) groups excluding carboxylic acids is 3. The number of methoxy groups -OCH3 is 1. The zero-order valence-electron chi connectivity index (χ0n) is 17.0. The predicted molar refractivity (Wildman–Crippen MR) is 125 cm³/mol. The number of benzene rings is 1. The number of rotatable bonds is 5. The molecular formula is C18H19Cl6N3O6. The zero-order chi connectivity index (χ0) is 24.8. The number of carbonyl (C=O) groups is 3. The predicted octanol–water partition coefficient (Wildman–Crippen LogP) is 5.08. The molecule has 1 aliphatic heterocycles. The number of amides is 3. The number of ether oxygens (including phenoxy) is 3. The molecule has 2 rings (SSSR count). The van der Waals surface area contributed by atoms with Crippen molar-refractivity contribution in [2.75, 3.05) is 26.9 Å². The topological polar surface area (TPSA) is 97.4 Å². The van der Waals surface area contributed by atoms with Crippen LogP contribution in [0, 0.1) is 0 Å². The Bertz CT molecular complexity index is 846. The number of hydrogen-bond acceptors (Lipinski definition) is 6. The van der Waals surface area contributed by atoms with Crippen molar-refractivity contribution < 1.29 is 28.6 Å². The largest absolute Gasteiger partial charge is 0.497 e. The maximum absolute atomic E-state index is 13.1. The number of halogens is 6. The van der Waals surface area contributed by atoms with Gasteiger partial charge in [-0.15, -0.1) is 0 Å². The highest BCUT2D eigenvalue weighted by Crippen LogP contribution is 2.28. The van der Waals surface area contributed by atoms with Gasteiger partial charge in [-0.2, -0.15) is 5.01 Å². The highest BCUT2D eigenvalue weighted by molar-refractivity contribution is 6.68. The van der Waals surface area contributed by atoms with E-state index in [1.807, 2.05) is 0 Å². The second kappa shape index (κ2) is 12.0. The van der Waals surface area contributed by atoms with Crippen LogP contribution in [0.3, 0.4) is 0 Å². The normalized spacial score (nSPS) is 16.2. The number of alkyl halides is 6. The summed E-state index contributed by atoms with van der Waals surface area (Å²) in [7, 11) is 1.50. The lowest BCUT2D eigenvalue weighted by molar-refractivity contribution is 0.0146. The van der Waals surface area contributed by atoms with E-state index in [1.54, 1.807) is 24.3 Å². The summed E-state index contributed by atoms with van der Waals surface area (Å²) in [5.74, 6) is 0.176. The van der Waals surface area contributed by atoms with Crippen molar-refractivity contribution >= 4 is 87.7 Å². The van der Waals surface area contributed by atoms with Crippen molar-refractivity contribution in [2.24, 2.45) is 0 Å². The van der Waals surface area contributed by atoms with E-state index in [0.717, 1.165) is 5.01 Å². The Morgan fingerprint density at radius 3 is 2.15 bits per heavy atom. The summed E-state index contributed by atoms with van der Waals surface area (Å²) >= 11 is 33.6. The van der Waals surface area contributed by atoms with Gasteiger partial charge in [-0.25, -0.2) is 15.0 Å². The van der Waals surface area contributed by atoms with Crippen LogP contribution >= 0.6 is 69.6 Å². The van der Waals surface area contributed by atoms with Crippen LogP contribution < -0.4 is 10.2 Å². The highest BCUT2D eigenvalue weighted by atomic mass is 35.6. The molecule has 3 amide bonds. The summed E-state index contributed by atoms with van der Waals surface area (Å²) in [6, 6.07) is 6.39. The maximum Gasteiger partial charge on any atom is 0.430 e. The van der Waals surface area contributed by atoms with Crippen molar-refractivity contribution in [1.82, 2.24) is 15.3 Å². The Morgan fingerprint density at radius 2 is 1.61 bits per heavy atom. The SMILES string of the molecule is COc1ccc(C(=O)N2CCCC2N(NC(=O)OCC(Cl)(Cl)Cl)C(=O)OCC(Cl)(Cl)Cl)cc1. The van der Waals surface area contributed by atoms with E-state index < -0.39 is 45.1 Å². The molecule has 33 heavy (non-hydrogen) atoms. The molecule has 9 nitrogen and oxygen atoms in total. The molecule has 184 valence electrons. The van der Waals surface area contributed by atoms with Crippen LogP contribution in [0.15, 0.2) is 24.3 Å². The minimum absolute atomic E-state index is 0.300. The molecule has 0 saturated carbocycles. The molecule has 1 saturated heterocycles. The summed E-state index contributed by atoms with van der Waals surface area (Å²) in [5.41, 5.74) is 2.54. The third kappa shape index (κ3) is 9.15. The Kier molecular flexibility index (Phi) is 10.1. The zero-order valence-corrected chi connectivity index (χ0v) is 21.6. The third-order valence-electron chi connectivity index (χ3n) is 4.25. The second-order valence-corrected chi connectivity index (χ2v) is 11.7. The molecule has 0 radical (unpaired) electrons. The summed E-state index contributed by atoms with van der Waals surface area (Å²) in [4.78, 5) is 39.4. The molecule has 1 aromatic rings. The lowest BCUT2D eigenvalue weighted by Crippen LogP contribution is -2.58.